The van der Waals surface area contributed by atoms with E-state index in [-0.39, 0.29) is 0 Å². The van der Waals surface area contributed by atoms with Crippen molar-refractivity contribution in [2.45, 2.75) is 31.8 Å². The maximum absolute atomic E-state index is 5.87. The quantitative estimate of drug-likeness (QED) is 0.103. The molecule has 0 fully saturated rings. The second kappa shape index (κ2) is 12.8. The average molecular weight is 596 g/mol. The second-order valence-corrected chi connectivity index (χ2v) is 19.1. The normalized spacial score (nSPS) is 12.4. The zero-order valence-electron chi connectivity index (χ0n) is 22.3. The second-order valence-electron chi connectivity index (χ2n) is 10.1. The van der Waals surface area contributed by atoms with Crippen molar-refractivity contribution in [3.8, 4) is 5.75 Å². The predicted octanol–water partition coefficient (Wildman–Crippen LogP) is 8.82. The molecule has 0 aromatic heterocycles. The first kappa shape index (κ1) is 27.4. The van der Waals surface area contributed by atoms with Gasteiger partial charge in [-0.2, -0.15) is 0 Å². The summed E-state index contributed by atoms with van der Waals surface area (Å²) in [6.07, 6.45) is 5.40. The Morgan fingerprint density at radius 3 is 1.51 bits per heavy atom. The minimum absolute atomic E-state index is 0.771. The molecule has 0 bridgehead atoms. The molecule has 0 saturated heterocycles. The Bertz CT molecular complexity index is 1340. The molecular weight excluding hydrogens is 559 g/mol. The fraction of sp³-hybridized carbons (Fsp3) is 0.167. The van der Waals surface area contributed by atoms with Gasteiger partial charge < -0.3 is 0 Å². The van der Waals surface area contributed by atoms with Gasteiger partial charge in [0.15, 0.2) is 0 Å². The van der Waals surface area contributed by atoms with Crippen molar-refractivity contribution in [1.82, 2.24) is 0 Å². The first-order chi connectivity index (χ1) is 19.2. The Labute approximate surface area is 241 Å². The molecule has 0 atom stereocenters. The molecule has 198 valence electrons. The van der Waals surface area contributed by atoms with E-state index in [1.165, 1.54) is 27.0 Å². The van der Waals surface area contributed by atoms with E-state index < -0.39 is 5.31 Å². The van der Waals surface area contributed by atoms with E-state index in [1.807, 2.05) is 30.3 Å². The summed E-state index contributed by atoms with van der Waals surface area (Å²) in [5.74, 6) is 0.955. The van der Waals surface area contributed by atoms with E-state index in [1.54, 1.807) is 0 Å². The monoisotopic (exact) mass is 594 g/mol. The van der Waals surface area contributed by atoms with E-state index in [2.05, 4.69) is 131 Å². The summed E-state index contributed by atoms with van der Waals surface area (Å²) in [5, 5.41) is 1.06. The molecule has 0 saturated carbocycles. The third-order valence-corrected chi connectivity index (χ3v) is 17.0. The number of halogens is 1. The van der Waals surface area contributed by atoms with Gasteiger partial charge in [0.25, 0.3) is 0 Å². The van der Waals surface area contributed by atoms with Gasteiger partial charge in [-0.05, 0) is 0 Å². The van der Waals surface area contributed by atoms with Gasteiger partial charge in [0.2, 0.25) is 0 Å². The van der Waals surface area contributed by atoms with Crippen LogP contribution in [0.1, 0.15) is 30.4 Å². The first-order valence-electron chi connectivity index (χ1n) is 13.8. The van der Waals surface area contributed by atoms with Crippen LogP contribution < -0.4 is 20.7 Å². The van der Waals surface area contributed by atoms with Crippen LogP contribution in [0.2, 0.25) is 0 Å². The van der Waals surface area contributed by atoms with Crippen LogP contribution in [-0.4, -0.2) is 6.61 Å². The van der Waals surface area contributed by atoms with Gasteiger partial charge in [-0.1, -0.05) is 18.2 Å². The van der Waals surface area contributed by atoms with Gasteiger partial charge in [0.05, 0.1) is 0 Å². The Balaban J connectivity index is 1.39. The summed E-state index contributed by atoms with van der Waals surface area (Å²) < 4.78 is 5.87. The summed E-state index contributed by atoms with van der Waals surface area (Å²) in [6.45, 7) is 0.771. The van der Waals surface area contributed by atoms with Crippen LogP contribution in [0.3, 0.4) is 0 Å². The van der Waals surface area contributed by atoms with Crippen LogP contribution in [0.15, 0.2) is 146 Å². The number of para-hydroxylation sites is 1. The Kier molecular flexibility index (Phi) is 8.97. The van der Waals surface area contributed by atoms with Gasteiger partial charge in [0.1, 0.15) is 0 Å². The van der Waals surface area contributed by atoms with E-state index in [4.69, 9.17) is 4.74 Å². The topological polar surface area (TPSA) is 9.23 Å². The van der Waals surface area contributed by atoms with Crippen LogP contribution >= 0.6 is 20.8 Å². The van der Waals surface area contributed by atoms with E-state index in [9.17, 15) is 0 Å². The molecule has 1 nitrogen and oxygen atoms in total. The third kappa shape index (κ3) is 6.19. The van der Waals surface area contributed by atoms with Crippen molar-refractivity contribution < 1.29 is 4.74 Å². The molecule has 5 aromatic carbocycles. The summed E-state index contributed by atoms with van der Waals surface area (Å²) in [5.41, 5.74) is 2.77. The SMILES string of the molecule is BrP(Cc1cccc(CCCCCOc2ccccc2)c1)(c1ccccc1)(c1ccccc1)c1ccccc1. The summed E-state index contributed by atoms with van der Waals surface area (Å²) in [7, 11) is 0. The van der Waals surface area contributed by atoms with E-state index >= 15 is 0 Å². The molecule has 5 aromatic rings. The Morgan fingerprint density at radius 2 is 0.974 bits per heavy atom. The number of aryl methyl sites for hydroxylation is 1. The Morgan fingerprint density at radius 1 is 0.487 bits per heavy atom. The first-order valence-corrected chi connectivity index (χ1v) is 18.3. The zero-order valence-corrected chi connectivity index (χ0v) is 24.8. The fourth-order valence-corrected chi connectivity index (χ4v) is 13.2. The number of unbranched alkanes of at least 4 members (excludes halogenated alkanes) is 2. The van der Waals surface area contributed by atoms with Crippen molar-refractivity contribution in [2.75, 3.05) is 6.61 Å². The van der Waals surface area contributed by atoms with Gasteiger partial charge in [0, 0.05) is 0 Å². The van der Waals surface area contributed by atoms with Gasteiger partial charge in [-0.3, -0.25) is 0 Å². The predicted molar refractivity (Wildman–Crippen MR) is 174 cm³/mol. The molecule has 0 amide bonds. The zero-order chi connectivity index (χ0) is 26.8. The molecule has 3 heteroatoms. The molecule has 0 heterocycles. The van der Waals surface area contributed by atoms with Crippen molar-refractivity contribution in [3.63, 3.8) is 0 Å². The van der Waals surface area contributed by atoms with Crippen molar-refractivity contribution >= 4 is 36.7 Å². The van der Waals surface area contributed by atoms with Crippen molar-refractivity contribution in [3.05, 3.63) is 157 Å². The third-order valence-electron chi connectivity index (χ3n) is 7.48. The van der Waals surface area contributed by atoms with Crippen LogP contribution in [0, 0.1) is 0 Å². The molecule has 0 aliphatic carbocycles. The molecule has 5 rings (SSSR count). The molecule has 0 aliphatic rings. The average Bonchev–Trinajstić information content (AvgIpc) is 3.01. The van der Waals surface area contributed by atoms with Gasteiger partial charge >= 0.3 is 224 Å². The van der Waals surface area contributed by atoms with Crippen LogP contribution in [-0.2, 0) is 12.6 Å². The maximum atomic E-state index is 5.87. The van der Waals surface area contributed by atoms with Crippen LogP contribution in [0.4, 0.5) is 0 Å². The fourth-order valence-electron chi connectivity index (χ4n) is 5.48. The van der Waals surface area contributed by atoms with Gasteiger partial charge in [-0.25, -0.2) is 0 Å². The minimum atomic E-state index is -2.99. The molecular formula is C36H36BrOP. The number of rotatable bonds is 12. The number of hydrogen-bond acceptors (Lipinski definition) is 1. The molecule has 0 N–H and O–H groups in total. The van der Waals surface area contributed by atoms with Crippen LogP contribution in [0.5, 0.6) is 5.75 Å². The summed E-state index contributed by atoms with van der Waals surface area (Å²) >= 11 is 4.60. The van der Waals surface area contributed by atoms with Crippen molar-refractivity contribution in [2.24, 2.45) is 0 Å². The number of ether oxygens (including phenoxy) is 1. The molecule has 0 radical (unpaired) electrons. The molecule has 0 aliphatic heterocycles. The van der Waals surface area contributed by atoms with E-state index in [0.29, 0.717) is 0 Å². The van der Waals surface area contributed by atoms with E-state index in [0.717, 1.165) is 44.2 Å². The number of benzene rings is 5. The van der Waals surface area contributed by atoms with Crippen LogP contribution in [0.25, 0.3) is 0 Å². The standard InChI is InChI=1S/C36H36BrOP/c37-39(34-22-9-2-10-23-34,35-24-11-3-12-25-35,36-26-13-4-14-27-36)30-32-19-16-18-31(29-32)17-6-5-15-28-38-33-20-7-1-8-21-33/h1-4,7-14,16,18-27,29H,5-6,15,17,28,30H2. The summed E-state index contributed by atoms with van der Waals surface area (Å²) in [6, 6.07) is 52.5. The molecule has 0 unspecified atom stereocenters. The molecule has 39 heavy (non-hydrogen) atoms. The Hall–Kier alpha value is -3.19. The number of hydrogen-bond donors (Lipinski definition) is 0. The molecule has 0 spiro atoms. The van der Waals surface area contributed by atoms with Gasteiger partial charge in [-0.15, -0.1) is 0 Å². The van der Waals surface area contributed by atoms with Crippen molar-refractivity contribution in [1.29, 1.82) is 0 Å². The summed E-state index contributed by atoms with van der Waals surface area (Å²) in [4.78, 5) is 0.